The fraction of sp³-hybridized carbons (Fsp3) is 0.154. The molecule has 0 unspecified atom stereocenters. The van der Waals surface area contributed by atoms with Crippen LogP contribution in [0, 0.1) is 0 Å². The quantitative estimate of drug-likeness (QED) is 0.273. The highest BCUT2D eigenvalue weighted by Gasteiger charge is 2.24. The predicted octanol–water partition coefficient (Wildman–Crippen LogP) is 5.51. The van der Waals surface area contributed by atoms with E-state index in [0.29, 0.717) is 28.2 Å². The number of methoxy groups -OCH3 is 2. The first-order chi connectivity index (χ1) is 16.0. The van der Waals surface area contributed by atoms with E-state index < -0.39 is 11.9 Å². The number of hydrogen-bond donors (Lipinski definition) is 0. The van der Waals surface area contributed by atoms with Crippen molar-refractivity contribution < 1.29 is 33.0 Å². The molecule has 3 aromatic carbocycles. The van der Waals surface area contributed by atoms with E-state index in [0.717, 1.165) is 5.56 Å². The van der Waals surface area contributed by atoms with E-state index in [4.69, 9.17) is 23.4 Å². The minimum Gasteiger partial charge on any atom is -0.497 e. The monoisotopic (exact) mass is 446 g/mol. The summed E-state index contributed by atoms with van der Waals surface area (Å²) >= 11 is 0. The number of carbonyl (C=O) groups is 2. The third kappa shape index (κ3) is 4.39. The third-order valence-electron chi connectivity index (χ3n) is 5.01. The summed E-state index contributed by atoms with van der Waals surface area (Å²) < 4.78 is 27.3. The number of rotatable bonds is 7. The average Bonchev–Trinajstić information content (AvgIpc) is 3.23. The van der Waals surface area contributed by atoms with Crippen molar-refractivity contribution in [2.75, 3.05) is 20.8 Å². The van der Waals surface area contributed by atoms with Gasteiger partial charge < -0.3 is 23.4 Å². The van der Waals surface area contributed by atoms with Crippen molar-refractivity contribution >= 4 is 22.9 Å². The molecule has 0 aliphatic rings. The Kier molecular flexibility index (Phi) is 6.31. The van der Waals surface area contributed by atoms with Crippen LogP contribution in [0.2, 0.25) is 0 Å². The first-order valence-corrected chi connectivity index (χ1v) is 10.3. The van der Waals surface area contributed by atoms with Gasteiger partial charge in [0.1, 0.15) is 39.7 Å². The zero-order valence-corrected chi connectivity index (χ0v) is 18.4. The Bertz CT molecular complexity index is 1310. The Morgan fingerprint density at radius 3 is 2.30 bits per heavy atom. The molecule has 168 valence electrons. The summed E-state index contributed by atoms with van der Waals surface area (Å²) in [5, 5.41) is 0.485. The number of ether oxygens (including phenoxy) is 4. The van der Waals surface area contributed by atoms with Gasteiger partial charge in [-0.3, -0.25) is 0 Å². The van der Waals surface area contributed by atoms with Gasteiger partial charge in [0.05, 0.1) is 20.8 Å². The van der Waals surface area contributed by atoms with Crippen molar-refractivity contribution in [1.29, 1.82) is 0 Å². The van der Waals surface area contributed by atoms with Gasteiger partial charge in [0.25, 0.3) is 0 Å². The van der Waals surface area contributed by atoms with Gasteiger partial charge in [-0.05, 0) is 37.3 Å². The number of carbonyl (C=O) groups excluding carboxylic acids is 2. The molecule has 4 rings (SSSR count). The van der Waals surface area contributed by atoms with E-state index in [-0.39, 0.29) is 23.5 Å². The van der Waals surface area contributed by atoms with Crippen molar-refractivity contribution in [3.63, 3.8) is 0 Å². The molecule has 1 aromatic heterocycles. The van der Waals surface area contributed by atoms with Crippen molar-refractivity contribution in [2.24, 2.45) is 0 Å². The zero-order chi connectivity index (χ0) is 23.4. The molecule has 1 heterocycles. The van der Waals surface area contributed by atoms with Crippen LogP contribution < -0.4 is 14.2 Å². The zero-order valence-electron chi connectivity index (χ0n) is 18.4. The van der Waals surface area contributed by atoms with Gasteiger partial charge in [0.2, 0.25) is 0 Å². The SMILES string of the molecule is CCOC(=O)c1c(-c2ccccc2)oc2ccc(OC(=O)c3ccc(OC)cc3OC)cc12. The van der Waals surface area contributed by atoms with E-state index >= 15 is 0 Å². The summed E-state index contributed by atoms with van der Waals surface area (Å²) in [6.45, 7) is 1.95. The number of esters is 2. The predicted molar refractivity (Wildman–Crippen MR) is 122 cm³/mol. The van der Waals surface area contributed by atoms with E-state index in [1.54, 1.807) is 43.3 Å². The van der Waals surface area contributed by atoms with Gasteiger partial charge >= 0.3 is 11.9 Å². The van der Waals surface area contributed by atoms with Crippen LogP contribution in [0.4, 0.5) is 0 Å². The summed E-state index contributed by atoms with van der Waals surface area (Å²) in [5.74, 6) is 0.382. The second kappa shape index (κ2) is 9.48. The van der Waals surface area contributed by atoms with Gasteiger partial charge in [-0.2, -0.15) is 0 Å². The molecule has 0 bridgehead atoms. The Labute approximate surface area is 190 Å². The first kappa shape index (κ1) is 22.0. The summed E-state index contributed by atoms with van der Waals surface area (Å²) in [7, 11) is 2.98. The molecule has 0 aliphatic heterocycles. The van der Waals surface area contributed by atoms with Gasteiger partial charge in [-0.25, -0.2) is 9.59 Å². The molecule has 0 fully saturated rings. The molecule has 4 aromatic rings. The Balaban J connectivity index is 1.74. The molecule has 0 saturated carbocycles. The average molecular weight is 446 g/mol. The molecule has 0 aliphatic carbocycles. The second-order valence-electron chi connectivity index (χ2n) is 7.01. The van der Waals surface area contributed by atoms with Gasteiger partial charge in [-0.1, -0.05) is 30.3 Å². The maximum Gasteiger partial charge on any atom is 0.347 e. The molecule has 0 radical (unpaired) electrons. The van der Waals surface area contributed by atoms with Crippen LogP contribution in [-0.4, -0.2) is 32.8 Å². The van der Waals surface area contributed by atoms with Crippen LogP contribution in [0.25, 0.3) is 22.3 Å². The van der Waals surface area contributed by atoms with E-state index in [2.05, 4.69) is 0 Å². The maximum atomic E-state index is 12.8. The van der Waals surface area contributed by atoms with Crippen LogP contribution in [-0.2, 0) is 4.74 Å². The van der Waals surface area contributed by atoms with E-state index in [1.807, 2.05) is 30.3 Å². The largest absolute Gasteiger partial charge is 0.497 e. The van der Waals surface area contributed by atoms with Gasteiger partial charge in [0.15, 0.2) is 0 Å². The minimum atomic E-state index is -0.613. The second-order valence-corrected chi connectivity index (χ2v) is 7.01. The van der Waals surface area contributed by atoms with Gasteiger partial charge in [0, 0.05) is 17.0 Å². The van der Waals surface area contributed by atoms with Crippen molar-refractivity contribution in [3.05, 3.63) is 77.9 Å². The molecule has 0 atom stereocenters. The summed E-state index contributed by atoms with van der Waals surface area (Å²) in [5.41, 5.74) is 1.72. The molecule has 0 saturated heterocycles. The highest BCUT2D eigenvalue weighted by Crippen LogP contribution is 2.36. The molecule has 0 amide bonds. The molecule has 0 spiro atoms. The smallest absolute Gasteiger partial charge is 0.347 e. The molecular weight excluding hydrogens is 424 g/mol. The summed E-state index contributed by atoms with van der Waals surface area (Å²) in [4.78, 5) is 25.6. The van der Waals surface area contributed by atoms with Crippen LogP contribution in [0.15, 0.2) is 71.1 Å². The van der Waals surface area contributed by atoms with Crippen molar-refractivity contribution in [1.82, 2.24) is 0 Å². The lowest BCUT2D eigenvalue weighted by Crippen LogP contribution is -2.10. The van der Waals surface area contributed by atoms with Crippen molar-refractivity contribution in [3.8, 4) is 28.6 Å². The molecule has 0 N–H and O–H groups in total. The lowest BCUT2D eigenvalue weighted by Gasteiger charge is -2.10. The lowest BCUT2D eigenvalue weighted by atomic mass is 10.1. The van der Waals surface area contributed by atoms with Crippen molar-refractivity contribution in [2.45, 2.75) is 6.92 Å². The van der Waals surface area contributed by atoms with Crippen LogP contribution in [0.1, 0.15) is 27.6 Å². The number of benzene rings is 3. The summed E-state index contributed by atoms with van der Waals surface area (Å²) in [6, 6.07) is 18.9. The van der Waals surface area contributed by atoms with Gasteiger partial charge in [-0.15, -0.1) is 0 Å². The molecular formula is C26H22O7. The molecule has 7 nitrogen and oxygen atoms in total. The Morgan fingerprint density at radius 1 is 0.848 bits per heavy atom. The normalized spacial score (nSPS) is 10.6. The molecule has 33 heavy (non-hydrogen) atoms. The highest BCUT2D eigenvalue weighted by molar-refractivity contribution is 6.09. The van der Waals surface area contributed by atoms with Crippen LogP contribution in [0.5, 0.6) is 17.2 Å². The lowest BCUT2D eigenvalue weighted by molar-refractivity contribution is 0.0528. The fourth-order valence-corrected chi connectivity index (χ4v) is 3.47. The van der Waals surface area contributed by atoms with Crippen LogP contribution in [0.3, 0.4) is 0 Å². The first-order valence-electron chi connectivity index (χ1n) is 10.3. The number of fused-ring (bicyclic) bond motifs is 1. The summed E-state index contributed by atoms with van der Waals surface area (Å²) in [6.07, 6.45) is 0. The standard InChI is InChI=1S/C26H22O7/c1-4-31-26(28)23-20-14-18(11-13-21(20)33-24(23)16-8-6-5-7-9-16)32-25(27)19-12-10-17(29-2)15-22(19)30-3/h5-15H,4H2,1-3H3. The number of furan rings is 1. The third-order valence-corrected chi connectivity index (χ3v) is 5.01. The van der Waals surface area contributed by atoms with E-state index in [1.165, 1.54) is 14.2 Å². The maximum absolute atomic E-state index is 12.8. The topological polar surface area (TPSA) is 84.2 Å². The Morgan fingerprint density at radius 2 is 1.61 bits per heavy atom. The highest BCUT2D eigenvalue weighted by atomic mass is 16.5. The minimum absolute atomic E-state index is 0.214. The molecule has 7 heteroatoms. The van der Waals surface area contributed by atoms with Crippen LogP contribution >= 0.6 is 0 Å². The Hall–Kier alpha value is -4.26. The number of hydrogen-bond acceptors (Lipinski definition) is 7. The fourth-order valence-electron chi connectivity index (χ4n) is 3.47. The van der Waals surface area contributed by atoms with E-state index in [9.17, 15) is 9.59 Å².